The van der Waals surface area contributed by atoms with Crippen LogP contribution in [0, 0.1) is 23.7 Å². The van der Waals surface area contributed by atoms with Gasteiger partial charge in [-0.1, -0.05) is 89.4 Å². The first-order chi connectivity index (χ1) is 25.9. The van der Waals surface area contributed by atoms with Gasteiger partial charge < -0.3 is 41.2 Å². The van der Waals surface area contributed by atoms with Gasteiger partial charge >= 0.3 is 17.9 Å². The number of rotatable bonds is 20. The smallest absolute Gasteiger partial charge is 0.325 e. The van der Waals surface area contributed by atoms with Gasteiger partial charge in [0.05, 0.1) is 43.9 Å². The molecule has 2 rings (SSSR count). The van der Waals surface area contributed by atoms with Crippen molar-refractivity contribution in [2.24, 2.45) is 23.7 Å². The Morgan fingerprint density at radius 3 is 1.36 bits per heavy atom. The van der Waals surface area contributed by atoms with E-state index in [2.05, 4.69) is 23.8 Å². The van der Waals surface area contributed by atoms with E-state index in [0.717, 1.165) is 22.4 Å². The van der Waals surface area contributed by atoms with Gasteiger partial charge in [0, 0.05) is 12.1 Å². The number of hydrogen-bond acceptors (Lipinski definition) is 11. The molecule has 0 saturated carbocycles. The number of anilines is 1. The van der Waals surface area contributed by atoms with Crippen LogP contribution in [0.25, 0.3) is 0 Å². The van der Waals surface area contributed by atoms with Crippen molar-refractivity contribution in [1.82, 2.24) is 10.6 Å². The number of amides is 2. The van der Waals surface area contributed by atoms with Crippen molar-refractivity contribution in [2.45, 2.75) is 86.1 Å². The minimum absolute atomic E-state index is 0.0408. The lowest BCUT2D eigenvalue weighted by atomic mass is 9.91. The van der Waals surface area contributed by atoms with Gasteiger partial charge in [-0.05, 0) is 54.5 Å². The monoisotopic (exact) mass is 769 g/mol. The summed E-state index contributed by atoms with van der Waals surface area (Å²) in [7, 11) is 0. The second kappa shape index (κ2) is 27.3. The summed E-state index contributed by atoms with van der Waals surface area (Å²) < 4.78 is 9.77. The third kappa shape index (κ3) is 21.2. The number of carboxylic acid groups (broad SMARTS) is 1. The molecule has 0 spiro atoms. The topological polar surface area (TPSA) is 232 Å². The van der Waals surface area contributed by atoms with E-state index in [9.17, 15) is 28.8 Å². The molecule has 0 aliphatic heterocycles. The summed E-state index contributed by atoms with van der Waals surface area (Å²) in [6.45, 7) is 17.4. The van der Waals surface area contributed by atoms with Crippen molar-refractivity contribution < 1.29 is 53.6 Å². The highest BCUT2D eigenvalue weighted by Gasteiger charge is 2.29. The fraction of sp³-hybridized carbons (Fsp3) is 0.463. The van der Waals surface area contributed by atoms with Crippen LogP contribution in [-0.4, -0.2) is 76.1 Å². The maximum absolute atomic E-state index is 12.5. The fourth-order valence-corrected chi connectivity index (χ4v) is 4.57. The Hall–Kier alpha value is -5.34. The van der Waals surface area contributed by atoms with Gasteiger partial charge in [0.2, 0.25) is 11.8 Å². The summed E-state index contributed by atoms with van der Waals surface area (Å²) in [6, 6.07) is 12.6. The third-order valence-electron chi connectivity index (χ3n) is 8.10. The minimum Gasteiger partial charge on any atom is -0.480 e. The van der Waals surface area contributed by atoms with E-state index in [1.807, 2.05) is 13.8 Å². The number of hydrogen-bond donors (Lipinski definition) is 6. The van der Waals surface area contributed by atoms with E-state index in [4.69, 9.17) is 30.5 Å². The number of ketones is 1. The minimum atomic E-state index is -1.12. The van der Waals surface area contributed by atoms with Gasteiger partial charge in [-0.2, -0.15) is 0 Å². The van der Waals surface area contributed by atoms with Gasteiger partial charge in [0.25, 0.3) is 0 Å². The molecule has 4 atom stereocenters. The molecule has 304 valence electrons. The molecular formula is C41H59N3O11. The van der Waals surface area contributed by atoms with Crippen LogP contribution in [0.5, 0.6) is 0 Å². The number of carbonyl (C=O) groups excluding carboxylic acids is 5. The first-order valence-electron chi connectivity index (χ1n) is 17.9. The largest absolute Gasteiger partial charge is 0.480 e. The number of nitrogens with two attached hydrogens (primary N) is 1. The number of aliphatic carboxylic acids is 1. The number of nitrogen functional groups attached to an aromatic ring is 1. The van der Waals surface area contributed by atoms with Crippen molar-refractivity contribution in [2.75, 3.05) is 18.9 Å². The van der Waals surface area contributed by atoms with E-state index >= 15 is 0 Å². The lowest BCUT2D eigenvalue weighted by molar-refractivity contribution is -0.147. The molecule has 7 N–H and O–H groups in total. The van der Waals surface area contributed by atoms with Gasteiger partial charge in [-0.25, -0.2) is 0 Å². The summed E-state index contributed by atoms with van der Waals surface area (Å²) in [5, 5.41) is 31.4. The zero-order valence-corrected chi connectivity index (χ0v) is 32.8. The SMILES string of the molecule is C=CCOC(=O)C[C@H](C(=O)N[C@@H](C)C(=O)Cc1ccc(CO)cc1)C(C)C.C=CCOC(=O)C[C@H](C(=O)N[C@@H](C)C(=O)O)C(C)C.Nc1ccc(CO)cc1. The van der Waals surface area contributed by atoms with Crippen LogP contribution in [0.4, 0.5) is 5.69 Å². The molecule has 0 aliphatic rings. The lowest BCUT2D eigenvalue weighted by Crippen LogP contribution is -2.44. The zero-order chi connectivity index (χ0) is 42.1. The Morgan fingerprint density at radius 1 is 0.655 bits per heavy atom. The number of esters is 2. The van der Waals surface area contributed by atoms with E-state index in [-0.39, 0.29) is 69.2 Å². The lowest BCUT2D eigenvalue weighted by Gasteiger charge is -2.22. The average Bonchev–Trinajstić information content (AvgIpc) is 3.14. The van der Waals surface area contributed by atoms with E-state index in [1.54, 1.807) is 69.3 Å². The molecule has 0 fully saturated rings. The molecule has 14 nitrogen and oxygen atoms in total. The zero-order valence-electron chi connectivity index (χ0n) is 32.8. The molecule has 2 aromatic carbocycles. The highest BCUT2D eigenvalue weighted by atomic mass is 16.5. The first-order valence-corrected chi connectivity index (χ1v) is 17.9. The molecule has 0 radical (unpaired) electrons. The van der Waals surface area contributed by atoms with Crippen molar-refractivity contribution in [3.63, 3.8) is 0 Å². The molecule has 0 saturated heterocycles. The Bertz CT molecular complexity index is 1520. The van der Waals surface area contributed by atoms with E-state index in [0.29, 0.717) is 0 Å². The second-order valence-corrected chi connectivity index (χ2v) is 13.4. The highest BCUT2D eigenvalue weighted by molar-refractivity contribution is 5.92. The van der Waals surface area contributed by atoms with Crippen LogP contribution in [0.1, 0.15) is 71.1 Å². The molecule has 0 aromatic heterocycles. The Balaban J connectivity index is 0.000000896. The summed E-state index contributed by atoms with van der Waals surface area (Å²) in [5.74, 6) is -4.37. The molecule has 0 unspecified atom stereocenters. The van der Waals surface area contributed by atoms with Crippen LogP contribution in [0.15, 0.2) is 73.8 Å². The fourth-order valence-electron chi connectivity index (χ4n) is 4.57. The molecule has 0 aliphatic carbocycles. The maximum Gasteiger partial charge on any atom is 0.325 e. The number of ether oxygens (including phenoxy) is 2. The van der Waals surface area contributed by atoms with Gasteiger partial charge in [-0.3, -0.25) is 28.8 Å². The van der Waals surface area contributed by atoms with Crippen molar-refractivity contribution >= 4 is 41.2 Å². The van der Waals surface area contributed by atoms with Crippen LogP contribution in [0.2, 0.25) is 0 Å². The molecule has 2 aromatic rings. The normalized spacial score (nSPS) is 12.5. The number of nitrogens with one attached hydrogen (secondary N) is 2. The maximum atomic E-state index is 12.5. The van der Waals surface area contributed by atoms with E-state index < -0.39 is 47.7 Å². The Kier molecular flexibility index (Phi) is 24.6. The van der Waals surface area contributed by atoms with Crippen molar-refractivity contribution in [3.8, 4) is 0 Å². The summed E-state index contributed by atoms with van der Waals surface area (Å²) in [6.07, 6.45) is 2.97. The Morgan fingerprint density at radius 2 is 1.02 bits per heavy atom. The predicted molar refractivity (Wildman–Crippen MR) is 209 cm³/mol. The molecule has 0 heterocycles. The first kappa shape index (κ1) is 49.7. The Labute approximate surface area is 324 Å². The number of Topliss-reactive ketones (excluding diaryl/α,β-unsaturated/α-hetero) is 1. The van der Waals surface area contributed by atoms with Crippen LogP contribution in [0.3, 0.4) is 0 Å². The summed E-state index contributed by atoms with van der Waals surface area (Å²) in [4.78, 5) is 70.8. The van der Waals surface area contributed by atoms with Crippen LogP contribution >= 0.6 is 0 Å². The van der Waals surface area contributed by atoms with Gasteiger partial charge in [0.15, 0.2) is 5.78 Å². The number of aliphatic hydroxyl groups is 2. The third-order valence-corrected chi connectivity index (χ3v) is 8.10. The number of carbonyl (C=O) groups is 6. The van der Waals surface area contributed by atoms with Gasteiger partial charge in [0.1, 0.15) is 19.3 Å². The standard InChI is InChI=1S/C21H29NO5.C13H21NO5.C7H9NO/c1-5-10-27-20(25)12-18(14(2)3)21(26)22-15(4)19(24)11-16-6-8-17(13-23)9-7-16;1-5-6-19-11(15)7-10(8(2)3)12(16)14-9(4)13(17)18;8-7-3-1-6(5-9)2-4-7/h5-9,14-15,18,23H,1,10-13H2,2-4H3,(H,22,26);5,8-10H,1,6-7H2,2-4H3,(H,14,16)(H,17,18);1-4,9H,5,8H2/t15-,18-;9-,10-;/m00./s1. The predicted octanol–water partition coefficient (Wildman–Crippen LogP) is 3.92. The van der Waals surface area contributed by atoms with Crippen molar-refractivity contribution in [1.29, 1.82) is 0 Å². The number of aliphatic hydroxyl groups excluding tert-OH is 2. The second-order valence-electron chi connectivity index (χ2n) is 13.4. The summed E-state index contributed by atoms with van der Waals surface area (Å²) >= 11 is 0. The van der Waals surface area contributed by atoms with Crippen LogP contribution in [-0.2, 0) is 57.9 Å². The molecular weight excluding hydrogens is 710 g/mol. The summed E-state index contributed by atoms with van der Waals surface area (Å²) in [5.41, 5.74) is 8.61. The van der Waals surface area contributed by atoms with Crippen LogP contribution < -0.4 is 16.4 Å². The average molecular weight is 770 g/mol. The quantitative estimate of drug-likeness (QED) is 0.0640. The number of benzene rings is 2. The molecule has 0 bridgehead atoms. The van der Waals surface area contributed by atoms with Crippen molar-refractivity contribution in [3.05, 3.63) is 90.5 Å². The molecule has 2 amide bonds. The highest BCUT2D eigenvalue weighted by Crippen LogP contribution is 2.18. The molecule has 55 heavy (non-hydrogen) atoms. The van der Waals surface area contributed by atoms with Gasteiger partial charge in [-0.15, -0.1) is 0 Å². The number of carboxylic acids is 1. The van der Waals surface area contributed by atoms with E-state index in [1.165, 1.54) is 19.1 Å². The molecule has 14 heteroatoms.